The molecule has 33 heavy (non-hydrogen) atoms. The van der Waals surface area contributed by atoms with Crippen LogP contribution in [0.4, 0.5) is 0 Å². The molecule has 0 aliphatic carbocycles. The van der Waals surface area contributed by atoms with Crippen molar-refractivity contribution < 1.29 is 28.3 Å². The molecule has 7 heteroatoms. The summed E-state index contributed by atoms with van der Waals surface area (Å²) < 4.78 is 16.8. The molecule has 0 bridgehead atoms. The lowest BCUT2D eigenvalue weighted by Crippen LogP contribution is -2.30. The molecule has 1 unspecified atom stereocenters. The Labute approximate surface area is 192 Å². The van der Waals surface area contributed by atoms with Crippen LogP contribution in [0.5, 0.6) is 5.75 Å². The van der Waals surface area contributed by atoms with Crippen molar-refractivity contribution in [3.63, 3.8) is 0 Å². The fourth-order valence-electron chi connectivity index (χ4n) is 3.97. The first-order valence-electron chi connectivity index (χ1n) is 11.1. The first-order valence-corrected chi connectivity index (χ1v) is 11.1. The van der Waals surface area contributed by atoms with Crippen molar-refractivity contribution in [2.45, 2.75) is 45.7 Å². The average molecular weight is 450 g/mol. The van der Waals surface area contributed by atoms with Crippen molar-refractivity contribution >= 4 is 11.7 Å². The summed E-state index contributed by atoms with van der Waals surface area (Å²) in [7, 11) is 0. The van der Waals surface area contributed by atoms with Crippen molar-refractivity contribution in [1.29, 1.82) is 0 Å². The molecular formula is C26H27NO6. The van der Waals surface area contributed by atoms with Gasteiger partial charge in [-0.1, -0.05) is 31.9 Å². The smallest absolute Gasteiger partial charge is 0.290 e. The Hall–Kier alpha value is -3.74. The molecule has 2 aromatic heterocycles. The van der Waals surface area contributed by atoms with Crippen molar-refractivity contribution in [3.8, 4) is 5.75 Å². The molecule has 0 saturated heterocycles. The van der Waals surface area contributed by atoms with Crippen molar-refractivity contribution in [3.05, 3.63) is 89.0 Å². The van der Waals surface area contributed by atoms with E-state index in [9.17, 15) is 14.7 Å². The highest BCUT2D eigenvalue weighted by Gasteiger charge is 2.44. The predicted molar refractivity (Wildman–Crippen MR) is 121 cm³/mol. The molecule has 3 aromatic rings. The number of ketones is 1. The number of Topliss-reactive ketones (excluding diaryl/α,β-unsaturated/α-hetero) is 1. The first-order chi connectivity index (χ1) is 16.0. The van der Waals surface area contributed by atoms with E-state index in [2.05, 4.69) is 6.92 Å². The summed E-state index contributed by atoms with van der Waals surface area (Å²) in [6.07, 6.45) is 4.62. The molecule has 4 rings (SSSR count). The molecular weight excluding hydrogens is 422 g/mol. The van der Waals surface area contributed by atoms with Crippen LogP contribution in [0.15, 0.2) is 75.0 Å². The zero-order valence-electron chi connectivity index (χ0n) is 18.7. The number of furan rings is 2. The Bertz CT molecular complexity index is 1160. The van der Waals surface area contributed by atoms with Crippen LogP contribution in [0.25, 0.3) is 0 Å². The summed E-state index contributed by atoms with van der Waals surface area (Å²) in [6, 6.07) is 13.1. The Balaban J connectivity index is 1.70. The topological polar surface area (TPSA) is 93.1 Å². The standard InChI is InChI=1S/C26H27NO6/c1-3-4-5-13-31-19-9-6-8-18(15-19)23-22(24(28)21-12-11-17(2)33-21)25(29)26(30)27(23)16-20-10-7-14-32-20/h6-12,14-15,23,29H,3-5,13,16H2,1-2H3. The molecule has 0 radical (unpaired) electrons. The monoisotopic (exact) mass is 449 g/mol. The third-order valence-corrected chi connectivity index (χ3v) is 5.61. The van der Waals surface area contributed by atoms with Crippen LogP contribution < -0.4 is 4.74 Å². The van der Waals surface area contributed by atoms with Crippen LogP contribution in [0.3, 0.4) is 0 Å². The van der Waals surface area contributed by atoms with Gasteiger partial charge in [0.05, 0.1) is 31.0 Å². The number of aliphatic hydroxyl groups excluding tert-OH is 1. The Kier molecular flexibility index (Phi) is 6.68. The SMILES string of the molecule is CCCCCOc1cccc(C2C(C(=O)c3ccc(C)o3)=C(O)C(=O)N2Cc2ccco2)c1. The molecule has 1 N–H and O–H groups in total. The number of aryl methyl sites for hydroxylation is 1. The van der Waals surface area contributed by atoms with Gasteiger partial charge < -0.3 is 23.6 Å². The maximum absolute atomic E-state index is 13.3. The van der Waals surface area contributed by atoms with Crippen molar-refractivity contribution in [1.82, 2.24) is 4.90 Å². The minimum Gasteiger partial charge on any atom is -0.503 e. The lowest BCUT2D eigenvalue weighted by atomic mass is 9.95. The fourth-order valence-corrected chi connectivity index (χ4v) is 3.97. The zero-order chi connectivity index (χ0) is 23.4. The number of rotatable bonds is 10. The molecule has 1 aliphatic heterocycles. The summed E-state index contributed by atoms with van der Waals surface area (Å²) in [5.41, 5.74) is 0.627. The van der Waals surface area contributed by atoms with Gasteiger partial charge >= 0.3 is 0 Å². The number of unbranched alkanes of at least 4 members (excludes halogenated alkanes) is 2. The van der Waals surface area contributed by atoms with E-state index in [1.807, 2.05) is 18.2 Å². The number of hydrogen-bond donors (Lipinski definition) is 1. The highest BCUT2D eigenvalue weighted by molar-refractivity contribution is 6.15. The number of carbonyl (C=O) groups is 2. The van der Waals surface area contributed by atoms with Gasteiger partial charge in [-0.2, -0.15) is 0 Å². The maximum atomic E-state index is 13.3. The Morgan fingerprint density at radius 1 is 1.15 bits per heavy atom. The number of ether oxygens (including phenoxy) is 1. The van der Waals surface area contributed by atoms with Gasteiger partial charge in [0.1, 0.15) is 17.3 Å². The van der Waals surface area contributed by atoms with Gasteiger partial charge in [0.25, 0.3) is 5.91 Å². The van der Waals surface area contributed by atoms with Crippen LogP contribution >= 0.6 is 0 Å². The highest BCUT2D eigenvalue weighted by atomic mass is 16.5. The summed E-state index contributed by atoms with van der Waals surface area (Å²) in [6.45, 7) is 4.53. The van der Waals surface area contributed by atoms with E-state index in [1.54, 1.807) is 37.3 Å². The largest absolute Gasteiger partial charge is 0.503 e. The van der Waals surface area contributed by atoms with Gasteiger partial charge in [0.2, 0.25) is 5.78 Å². The van der Waals surface area contributed by atoms with Gasteiger partial charge in [-0.15, -0.1) is 0 Å². The summed E-state index contributed by atoms with van der Waals surface area (Å²) in [5.74, 6) is 0.0527. The molecule has 3 heterocycles. The van der Waals surface area contributed by atoms with E-state index in [4.69, 9.17) is 13.6 Å². The predicted octanol–water partition coefficient (Wildman–Crippen LogP) is 5.53. The lowest BCUT2D eigenvalue weighted by molar-refractivity contribution is -0.130. The number of amides is 1. The second-order valence-electron chi connectivity index (χ2n) is 8.04. The zero-order valence-corrected chi connectivity index (χ0v) is 18.7. The number of benzene rings is 1. The average Bonchev–Trinajstić information content (AvgIpc) is 3.54. The quantitative estimate of drug-likeness (QED) is 0.323. The summed E-state index contributed by atoms with van der Waals surface area (Å²) >= 11 is 0. The molecule has 1 atom stereocenters. The van der Waals surface area contributed by atoms with Crippen molar-refractivity contribution in [2.24, 2.45) is 0 Å². The Morgan fingerprint density at radius 2 is 2.00 bits per heavy atom. The maximum Gasteiger partial charge on any atom is 0.290 e. The molecule has 0 spiro atoms. The fraction of sp³-hybridized carbons (Fsp3) is 0.308. The van der Waals surface area contributed by atoms with Crippen LogP contribution in [0, 0.1) is 6.92 Å². The molecule has 1 amide bonds. The van der Waals surface area contributed by atoms with E-state index in [0.717, 1.165) is 19.3 Å². The van der Waals surface area contributed by atoms with E-state index in [1.165, 1.54) is 11.2 Å². The van der Waals surface area contributed by atoms with Crippen LogP contribution in [-0.2, 0) is 11.3 Å². The van der Waals surface area contributed by atoms with Gasteiger partial charge in [0.15, 0.2) is 11.5 Å². The number of nitrogens with zero attached hydrogens (tertiary/aromatic N) is 1. The summed E-state index contributed by atoms with van der Waals surface area (Å²) in [4.78, 5) is 27.8. The minimum absolute atomic E-state index is 0.0240. The van der Waals surface area contributed by atoms with Crippen LogP contribution in [-0.4, -0.2) is 28.3 Å². The van der Waals surface area contributed by atoms with E-state index in [0.29, 0.717) is 29.4 Å². The highest BCUT2D eigenvalue weighted by Crippen LogP contribution is 2.41. The third kappa shape index (κ3) is 4.72. The van der Waals surface area contributed by atoms with E-state index >= 15 is 0 Å². The minimum atomic E-state index is -0.820. The molecule has 1 aliphatic rings. The van der Waals surface area contributed by atoms with Gasteiger partial charge in [-0.3, -0.25) is 9.59 Å². The van der Waals surface area contributed by atoms with Crippen LogP contribution in [0.2, 0.25) is 0 Å². The Morgan fingerprint density at radius 3 is 2.70 bits per heavy atom. The molecule has 0 fully saturated rings. The molecule has 0 saturated carbocycles. The second kappa shape index (κ2) is 9.81. The molecule has 172 valence electrons. The van der Waals surface area contributed by atoms with Gasteiger partial charge in [0, 0.05) is 0 Å². The van der Waals surface area contributed by atoms with Gasteiger partial charge in [-0.25, -0.2) is 0 Å². The third-order valence-electron chi connectivity index (χ3n) is 5.61. The second-order valence-corrected chi connectivity index (χ2v) is 8.04. The van der Waals surface area contributed by atoms with E-state index in [-0.39, 0.29) is 17.9 Å². The van der Waals surface area contributed by atoms with Crippen LogP contribution in [0.1, 0.15) is 59.9 Å². The van der Waals surface area contributed by atoms with Crippen molar-refractivity contribution in [2.75, 3.05) is 6.61 Å². The van der Waals surface area contributed by atoms with Gasteiger partial charge in [-0.05, 0) is 55.3 Å². The lowest BCUT2D eigenvalue weighted by Gasteiger charge is -2.26. The number of aliphatic hydroxyl groups is 1. The molecule has 1 aromatic carbocycles. The van der Waals surface area contributed by atoms with E-state index < -0.39 is 23.5 Å². The number of carbonyl (C=O) groups excluding carboxylic acids is 2. The first kappa shape index (κ1) is 22.5. The number of hydrogen-bond acceptors (Lipinski definition) is 6. The molecule has 7 nitrogen and oxygen atoms in total. The summed E-state index contributed by atoms with van der Waals surface area (Å²) in [5, 5.41) is 10.8. The normalized spacial score (nSPS) is 16.0.